The van der Waals surface area contributed by atoms with Gasteiger partial charge in [0.25, 0.3) is 0 Å². The molecule has 0 aliphatic heterocycles. The van der Waals surface area contributed by atoms with Crippen molar-refractivity contribution in [3.8, 4) is 5.75 Å². The van der Waals surface area contributed by atoms with Crippen LogP contribution in [0.4, 0.5) is 0 Å². The third-order valence-corrected chi connectivity index (χ3v) is 2.47. The predicted molar refractivity (Wildman–Crippen MR) is 61.9 cm³/mol. The first-order valence-corrected chi connectivity index (χ1v) is 5.54. The highest BCUT2D eigenvalue weighted by molar-refractivity contribution is 5.29. The smallest absolute Gasteiger partial charge is 0.142 e. The van der Waals surface area contributed by atoms with E-state index in [4.69, 9.17) is 10.5 Å². The molecule has 1 rings (SSSR count). The largest absolute Gasteiger partial charge is 0.488 e. The van der Waals surface area contributed by atoms with Crippen molar-refractivity contribution in [2.24, 2.45) is 5.73 Å². The Morgan fingerprint density at radius 2 is 2.00 bits per heavy atom. The fourth-order valence-corrected chi connectivity index (χ4v) is 1.49. The third kappa shape index (κ3) is 3.20. The van der Waals surface area contributed by atoms with Crippen LogP contribution < -0.4 is 10.5 Å². The first-order chi connectivity index (χ1) is 7.21. The number of pyridine rings is 1. The first-order valence-electron chi connectivity index (χ1n) is 5.54. The van der Waals surface area contributed by atoms with Gasteiger partial charge in [0, 0.05) is 12.2 Å². The Morgan fingerprint density at radius 3 is 2.53 bits per heavy atom. The van der Waals surface area contributed by atoms with Crippen LogP contribution in [0, 0.1) is 6.92 Å². The Hall–Kier alpha value is -1.09. The maximum Gasteiger partial charge on any atom is 0.142 e. The molecule has 0 saturated carbocycles. The molecule has 0 unspecified atom stereocenters. The lowest BCUT2D eigenvalue weighted by molar-refractivity contribution is 0.190. The Labute approximate surface area is 91.7 Å². The van der Waals surface area contributed by atoms with E-state index < -0.39 is 0 Å². The minimum atomic E-state index is 0.264. The van der Waals surface area contributed by atoms with Crippen molar-refractivity contribution in [1.82, 2.24) is 4.98 Å². The topological polar surface area (TPSA) is 48.1 Å². The number of rotatable bonds is 5. The Morgan fingerprint density at radius 1 is 1.33 bits per heavy atom. The van der Waals surface area contributed by atoms with Crippen LogP contribution in [0.25, 0.3) is 0 Å². The summed E-state index contributed by atoms with van der Waals surface area (Å²) in [6, 6.07) is 3.92. The molecular formula is C12H20N2O. The number of ether oxygens (including phenoxy) is 1. The van der Waals surface area contributed by atoms with Gasteiger partial charge in [-0.3, -0.25) is 4.98 Å². The minimum Gasteiger partial charge on any atom is -0.488 e. The Kier molecular flexibility index (Phi) is 4.56. The van der Waals surface area contributed by atoms with E-state index in [0.717, 1.165) is 30.0 Å². The van der Waals surface area contributed by atoms with Crippen molar-refractivity contribution in [3.63, 3.8) is 0 Å². The van der Waals surface area contributed by atoms with Gasteiger partial charge >= 0.3 is 0 Å². The molecule has 2 N–H and O–H groups in total. The molecule has 1 aromatic heterocycles. The number of aryl methyl sites for hydroxylation is 1. The van der Waals surface area contributed by atoms with Crippen LogP contribution in [0.2, 0.25) is 0 Å². The van der Waals surface area contributed by atoms with Crippen LogP contribution in [0.1, 0.15) is 38.1 Å². The highest BCUT2D eigenvalue weighted by Gasteiger charge is 2.09. The average molecular weight is 208 g/mol. The standard InChI is InChI=1S/C12H20N2O/c1-4-10(5-2)15-12-7-6-9(3)14-11(12)8-13/h6-7,10H,4-5,8,13H2,1-3H3. The summed E-state index contributed by atoms with van der Waals surface area (Å²) >= 11 is 0. The van der Waals surface area contributed by atoms with Crippen LogP contribution in [0.15, 0.2) is 12.1 Å². The molecule has 0 fully saturated rings. The molecule has 0 radical (unpaired) electrons. The summed E-state index contributed by atoms with van der Waals surface area (Å²) in [5.41, 5.74) is 7.46. The summed E-state index contributed by atoms with van der Waals surface area (Å²) in [7, 11) is 0. The highest BCUT2D eigenvalue weighted by atomic mass is 16.5. The Balaban J connectivity index is 2.83. The molecule has 3 nitrogen and oxygen atoms in total. The zero-order valence-electron chi connectivity index (χ0n) is 9.79. The van der Waals surface area contributed by atoms with Crippen molar-refractivity contribution in [3.05, 3.63) is 23.5 Å². The number of hydrogen-bond donors (Lipinski definition) is 1. The number of aromatic nitrogens is 1. The molecule has 0 atom stereocenters. The van der Waals surface area contributed by atoms with Crippen LogP contribution in [0.3, 0.4) is 0 Å². The van der Waals surface area contributed by atoms with Gasteiger partial charge in [0.05, 0.1) is 11.8 Å². The van der Waals surface area contributed by atoms with Crippen molar-refractivity contribution in [1.29, 1.82) is 0 Å². The fourth-order valence-electron chi connectivity index (χ4n) is 1.49. The summed E-state index contributed by atoms with van der Waals surface area (Å²) in [5, 5.41) is 0. The normalized spacial score (nSPS) is 10.7. The van der Waals surface area contributed by atoms with Gasteiger partial charge in [-0.05, 0) is 31.9 Å². The average Bonchev–Trinajstić information content (AvgIpc) is 2.27. The molecule has 0 spiro atoms. The van der Waals surface area contributed by atoms with Crippen LogP contribution in [0.5, 0.6) is 5.75 Å². The zero-order chi connectivity index (χ0) is 11.3. The van der Waals surface area contributed by atoms with Gasteiger partial charge in [-0.1, -0.05) is 13.8 Å². The van der Waals surface area contributed by atoms with Gasteiger partial charge in [-0.2, -0.15) is 0 Å². The van der Waals surface area contributed by atoms with E-state index in [0.29, 0.717) is 6.54 Å². The van der Waals surface area contributed by atoms with E-state index in [9.17, 15) is 0 Å². The van der Waals surface area contributed by atoms with Gasteiger partial charge in [0.15, 0.2) is 0 Å². The molecule has 1 aromatic rings. The van der Waals surface area contributed by atoms with Gasteiger partial charge < -0.3 is 10.5 Å². The van der Waals surface area contributed by atoms with Gasteiger partial charge in [-0.25, -0.2) is 0 Å². The van der Waals surface area contributed by atoms with E-state index in [-0.39, 0.29) is 6.10 Å². The highest BCUT2D eigenvalue weighted by Crippen LogP contribution is 2.19. The molecule has 0 aromatic carbocycles. The lowest BCUT2D eigenvalue weighted by Gasteiger charge is -2.17. The molecule has 0 aliphatic rings. The molecular weight excluding hydrogens is 188 g/mol. The number of hydrogen-bond acceptors (Lipinski definition) is 3. The summed E-state index contributed by atoms with van der Waals surface area (Å²) in [4.78, 5) is 4.36. The second kappa shape index (κ2) is 5.71. The fraction of sp³-hybridized carbons (Fsp3) is 0.583. The number of nitrogens with zero attached hydrogens (tertiary/aromatic N) is 1. The van der Waals surface area contributed by atoms with Crippen molar-refractivity contribution in [2.75, 3.05) is 0 Å². The monoisotopic (exact) mass is 208 g/mol. The SMILES string of the molecule is CCC(CC)Oc1ccc(C)nc1CN. The summed E-state index contributed by atoms with van der Waals surface area (Å²) in [5.74, 6) is 0.830. The van der Waals surface area contributed by atoms with Crippen LogP contribution >= 0.6 is 0 Å². The summed E-state index contributed by atoms with van der Waals surface area (Å²) in [6.07, 6.45) is 2.28. The minimum absolute atomic E-state index is 0.264. The third-order valence-electron chi connectivity index (χ3n) is 2.47. The van der Waals surface area contributed by atoms with Gasteiger partial charge in [0.1, 0.15) is 5.75 Å². The molecule has 0 bridgehead atoms. The lowest BCUT2D eigenvalue weighted by atomic mass is 10.2. The molecule has 0 aliphatic carbocycles. The van der Waals surface area contributed by atoms with Crippen LogP contribution in [-0.4, -0.2) is 11.1 Å². The quantitative estimate of drug-likeness (QED) is 0.808. The maximum absolute atomic E-state index is 5.85. The zero-order valence-corrected chi connectivity index (χ0v) is 9.79. The van der Waals surface area contributed by atoms with Gasteiger partial charge in [-0.15, -0.1) is 0 Å². The summed E-state index contributed by atoms with van der Waals surface area (Å²) in [6.45, 7) is 6.63. The van der Waals surface area contributed by atoms with Crippen molar-refractivity contribution in [2.45, 2.75) is 46.3 Å². The lowest BCUT2D eigenvalue weighted by Crippen LogP contribution is -2.16. The molecule has 1 heterocycles. The van der Waals surface area contributed by atoms with E-state index in [2.05, 4.69) is 18.8 Å². The summed E-state index contributed by atoms with van der Waals surface area (Å²) < 4.78 is 5.85. The molecule has 0 amide bonds. The Bertz CT molecular complexity index is 308. The number of nitrogens with two attached hydrogens (primary N) is 1. The predicted octanol–water partition coefficient (Wildman–Crippen LogP) is 2.42. The van der Waals surface area contributed by atoms with Crippen molar-refractivity contribution >= 4 is 0 Å². The molecule has 3 heteroatoms. The van der Waals surface area contributed by atoms with E-state index in [1.807, 2.05) is 19.1 Å². The second-order valence-corrected chi connectivity index (χ2v) is 3.66. The van der Waals surface area contributed by atoms with Gasteiger partial charge in [0.2, 0.25) is 0 Å². The molecule has 15 heavy (non-hydrogen) atoms. The molecule has 0 saturated heterocycles. The van der Waals surface area contributed by atoms with E-state index in [1.54, 1.807) is 0 Å². The maximum atomic E-state index is 5.85. The second-order valence-electron chi connectivity index (χ2n) is 3.66. The first kappa shape index (κ1) is 12.0. The molecule has 84 valence electrons. The van der Waals surface area contributed by atoms with Crippen molar-refractivity contribution < 1.29 is 4.74 Å². The van der Waals surface area contributed by atoms with E-state index >= 15 is 0 Å². The van der Waals surface area contributed by atoms with Crippen LogP contribution in [-0.2, 0) is 6.54 Å². The van der Waals surface area contributed by atoms with E-state index in [1.165, 1.54) is 0 Å².